The lowest BCUT2D eigenvalue weighted by molar-refractivity contribution is -0.0669. The third kappa shape index (κ3) is 2.08. The maximum absolute atomic E-state index is 9.10. The summed E-state index contributed by atoms with van der Waals surface area (Å²) >= 11 is 0. The Morgan fingerprint density at radius 1 is 1.37 bits per heavy atom. The summed E-state index contributed by atoms with van der Waals surface area (Å²) in [5.41, 5.74) is 12.5. The van der Waals surface area contributed by atoms with E-state index in [1.54, 1.807) is 6.33 Å². The lowest BCUT2D eigenvalue weighted by Gasteiger charge is -2.28. The lowest BCUT2D eigenvalue weighted by Crippen LogP contribution is -2.26. The maximum Gasteiger partial charge on any atom is 0.224 e. The van der Waals surface area contributed by atoms with Crippen molar-refractivity contribution in [3.8, 4) is 0 Å². The number of fused-ring (bicyclic) bond motifs is 1. The molecule has 2 unspecified atom stereocenters. The molecule has 0 spiro atoms. The third-order valence-electron chi connectivity index (χ3n) is 3.38. The molecule has 0 bridgehead atoms. The first-order valence-electron chi connectivity index (χ1n) is 6.17. The zero-order valence-electron chi connectivity index (χ0n) is 10.4. The van der Waals surface area contributed by atoms with Crippen molar-refractivity contribution in [1.82, 2.24) is 19.5 Å². The van der Waals surface area contributed by atoms with Gasteiger partial charge in [-0.3, -0.25) is 4.57 Å². The molecule has 19 heavy (non-hydrogen) atoms. The number of ether oxygens (including phenoxy) is 1. The SMILES string of the molecule is Nc1nc(N)c2ncn(C3CCC(CO)CO3)c2n1. The second-order valence-electron chi connectivity index (χ2n) is 4.71. The zero-order valence-corrected chi connectivity index (χ0v) is 10.4. The molecule has 0 amide bonds. The number of nitrogens with zero attached hydrogens (tertiary/aromatic N) is 4. The molecule has 0 radical (unpaired) electrons. The van der Waals surface area contributed by atoms with Crippen LogP contribution in [0.3, 0.4) is 0 Å². The first kappa shape index (κ1) is 12.1. The fourth-order valence-corrected chi connectivity index (χ4v) is 2.32. The summed E-state index contributed by atoms with van der Waals surface area (Å²) in [7, 11) is 0. The van der Waals surface area contributed by atoms with E-state index in [9.17, 15) is 0 Å². The van der Waals surface area contributed by atoms with E-state index in [1.807, 2.05) is 4.57 Å². The molecule has 5 N–H and O–H groups in total. The second-order valence-corrected chi connectivity index (χ2v) is 4.71. The van der Waals surface area contributed by atoms with E-state index in [2.05, 4.69) is 15.0 Å². The number of aliphatic hydroxyl groups is 1. The fourth-order valence-electron chi connectivity index (χ4n) is 2.32. The summed E-state index contributed by atoms with van der Waals surface area (Å²) in [4.78, 5) is 12.3. The predicted molar refractivity (Wildman–Crippen MR) is 68.9 cm³/mol. The van der Waals surface area contributed by atoms with Crippen molar-refractivity contribution in [2.75, 3.05) is 24.7 Å². The monoisotopic (exact) mass is 264 g/mol. The Morgan fingerprint density at radius 2 is 2.21 bits per heavy atom. The molecule has 8 nitrogen and oxygen atoms in total. The van der Waals surface area contributed by atoms with Crippen molar-refractivity contribution >= 4 is 22.9 Å². The van der Waals surface area contributed by atoms with Gasteiger partial charge in [0.1, 0.15) is 11.7 Å². The molecule has 2 aromatic rings. The Labute approximate surface area is 109 Å². The smallest absolute Gasteiger partial charge is 0.224 e. The molecular formula is C11H16N6O2. The molecule has 0 aromatic carbocycles. The standard InChI is InChI=1S/C11H16N6O2/c12-9-8-10(16-11(13)15-9)17(5-14-8)7-2-1-6(3-18)4-19-7/h5-7,18H,1-4H2,(H4,12,13,15,16). The van der Waals surface area contributed by atoms with E-state index in [0.717, 1.165) is 12.8 Å². The van der Waals surface area contributed by atoms with Crippen LogP contribution >= 0.6 is 0 Å². The van der Waals surface area contributed by atoms with Gasteiger partial charge in [-0.15, -0.1) is 0 Å². The van der Waals surface area contributed by atoms with Gasteiger partial charge in [0.2, 0.25) is 5.95 Å². The van der Waals surface area contributed by atoms with Gasteiger partial charge in [0.15, 0.2) is 11.5 Å². The van der Waals surface area contributed by atoms with Gasteiger partial charge in [0, 0.05) is 12.5 Å². The number of anilines is 2. The minimum atomic E-state index is -0.151. The average molecular weight is 264 g/mol. The molecule has 1 saturated heterocycles. The number of aromatic nitrogens is 4. The quantitative estimate of drug-likeness (QED) is 0.692. The Hall–Kier alpha value is -1.93. The summed E-state index contributed by atoms with van der Waals surface area (Å²) in [5.74, 6) is 0.594. The van der Waals surface area contributed by atoms with Crippen LogP contribution in [0.5, 0.6) is 0 Å². The van der Waals surface area contributed by atoms with Crippen LogP contribution in [0, 0.1) is 5.92 Å². The Morgan fingerprint density at radius 3 is 2.89 bits per heavy atom. The predicted octanol–water partition coefficient (Wildman–Crippen LogP) is -0.0918. The summed E-state index contributed by atoms with van der Waals surface area (Å²) in [6, 6.07) is 0. The van der Waals surface area contributed by atoms with Gasteiger partial charge in [0.25, 0.3) is 0 Å². The number of hydrogen-bond donors (Lipinski definition) is 3. The Balaban J connectivity index is 1.93. The highest BCUT2D eigenvalue weighted by atomic mass is 16.5. The van der Waals surface area contributed by atoms with Gasteiger partial charge in [-0.25, -0.2) is 4.98 Å². The summed E-state index contributed by atoms with van der Waals surface area (Å²) in [5, 5.41) is 9.10. The maximum atomic E-state index is 9.10. The molecule has 2 aromatic heterocycles. The molecule has 1 fully saturated rings. The Bertz CT molecular complexity index is 590. The first-order valence-corrected chi connectivity index (χ1v) is 6.17. The number of rotatable bonds is 2. The summed E-state index contributed by atoms with van der Waals surface area (Å²) in [6.07, 6.45) is 3.18. The van der Waals surface area contributed by atoms with Crippen LogP contribution in [0.2, 0.25) is 0 Å². The molecule has 0 aliphatic carbocycles. The van der Waals surface area contributed by atoms with E-state index in [1.165, 1.54) is 0 Å². The number of nitrogens with two attached hydrogens (primary N) is 2. The van der Waals surface area contributed by atoms with Gasteiger partial charge >= 0.3 is 0 Å². The molecule has 3 heterocycles. The average Bonchev–Trinajstić information content (AvgIpc) is 2.83. The molecule has 1 aliphatic rings. The highest BCUT2D eigenvalue weighted by Crippen LogP contribution is 2.29. The normalized spacial score (nSPS) is 23.8. The fraction of sp³-hybridized carbons (Fsp3) is 0.545. The van der Waals surface area contributed by atoms with Crippen LogP contribution < -0.4 is 11.5 Å². The minimum Gasteiger partial charge on any atom is -0.396 e. The van der Waals surface area contributed by atoms with Crippen molar-refractivity contribution in [3.05, 3.63) is 6.33 Å². The third-order valence-corrected chi connectivity index (χ3v) is 3.38. The van der Waals surface area contributed by atoms with Crippen LogP contribution in [-0.2, 0) is 4.74 Å². The van der Waals surface area contributed by atoms with E-state index in [-0.39, 0.29) is 30.5 Å². The number of imidazole rings is 1. The highest BCUT2D eigenvalue weighted by molar-refractivity contribution is 5.82. The Kier molecular flexibility index (Phi) is 2.96. The van der Waals surface area contributed by atoms with E-state index in [4.69, 9.17) is 21.3 Å². The summed E-state index contributed by atoms with van der Waals surface area (Å²) < 4.78 is 7.55. The van der Waals surface area contributed by atoms with E-state index in [0.29, 0.717) is 17.8 Å². The van der Waals surface area contributed by atoms with Crippen LogP contribution in [0.15, 0.2) is 6.33 Å². The van der Waals surface area contributed by atoms with Gasteiger partial charge in [-0.2, -0.15) is 9.97 Å². The molecular weight excluding hydrogens is 248 g/mol. The van der Waals surface area contributed by atoms with Gasteiger partial charge in [0.05, 0.1) is 12.9 Å². The van der Waals surface area contributed by atoms with E-state index >= 15 is 0 Å². The van der Waals surface area contributed by atoms with Crippen molar-refractivity contribution in [2.24, 2.45) is 5.92 Å². The largest absolute Gasteiger partial charge is 0.396 e. The topological polar surface area (TPSA) is 125 Å². The minimum absolute atomic E-state index is 0.121. The molecule has 1 aliphatic heterocycles. The van der Waals surface area contributed by atoms with Gasteiger partial charge in [-0.05, 0) is 12.8 Å². The second kappa shape index (κ2) is 4.63. The van der Waals surface area contributed by atoms with Gasteiger partial charge in [-0.1, -0.05) is 0 Å². The van der Waals surface area contributed by atoms with Crippen LogP contribution in [0.4, 0.5) is 11.8 Å². The number of hydrogen-bond acceptors (Lipinski definition) is 7. The lowest BCUT2D eigenvalue weighted by atomic mass is 10.0. The number of nitrogen functional groups attached to an aromatic ring is 2. The molecule has 3 rings (SSSR count). The van der Waals surface area contributed by atoms with Crippen LogP contribution in [0.25, 0.3) is 11.2 Å². The molecule has 0 saturated carbocycles. The van der Waals surface area contributed by atoms with Crippen molar-refractivity contribution in [2.45, 2.75) is 19.1 Å². The molecule has 2 atom stereocenters. The summed E-state index contributed by atoms with van der Waals surface area (Å²) in [6.45, 7) is 0.677. The van der Waals surface area contributed by atoms with Crippen molar-refractivity contribution in [1.29, 1.82) is 0 Å². The van der Waals surface area contributed by atoms with E-state index < -0.39 is 0 Å². The van der Waals surface area contributed by atoms with Crippen molar-refractivity contribution in [3.63, 3.8) is 0 Å². The zero-order chi connectivity index (χ0) is 13.4. The highest BCUT2D eigenvalue weighted by Gasteiger charge is 2.24. The number of aliphatic hydroxyl groups excluding tert-OH is 1. The molecule has 8 heteroatoms. The van der Waals surface area contributed by atoms with Crippen LogP contribution in [-0.4, -0.2) is 37.8 Å². The first-order chi connectivity index (χ1) is 9.19. The molecule has 102 valence electrons. The van der Waals surface area contributed by atoms with Crippen LogP contribution in [0.1, 0.15) is 19.1 Å². The van der Waals surface area contributed by atoms with Gasteiger partial charge < -0.3 is 21.3 Å². The van der Waals surface area contributed by atoms with Crippen molar-refractivity contribution < 1.29 is 9.84 Å².